The number of nitrogens with zero attached hydrogens (tertiary/aromatic N) is 2. The van der Waals surface area contributed by atoms with Crippen molar-refractivity contribution in [3.05, 3.63) is 94.5 Å². The molecule has 1 N–H and O–H groups in total. The molecule has 3 aromatic rings. The summed E-state index contributed by atoms with van der Waals surface area (Å²) in [6, 6.07) is 23.2. The van der Waals surface area contributed by atoms with Crippen molar-refractivity contribution in [1.29, 1.82) is 0 Å². The zero-order valence-electron chi connectivity index (χ0n) is 15.3. The summed E-state index contributed by atoms with van der Waals surface area (Å²) < 4.78 is 6.44. The van der Waals surface area contributed by atoms with E-state index in [4.69, 9.17) is 21.4 Å². The highest BCUT2D eigenvalue weighted by atomic mass is 35.5. The number of hydrazone groups is 1. The average Bonchev–Trinajstić information content (AvgIpc) is 3.17. The summed E-state index contributed by atoms with van der Waals surface area (Å²) in [7, 11) is 0. The van der Waals surface area contributed by atoms with Crippen LogP contribution in [0.2, 0.25) is 5.02 Å². The van der Waals surface area contributed by atoms with Gasteiger partial charge in [0.05, 0.1) is 17.3 Å². The number of hydrogen-bond acceptors (Lipinski definition) is 4. The molecule has 0 radical (unpaired) electrons. The average molecular weight is 391 g/mol. The monoisotopic (exact) mass is 390 g/mol. The third kappa shape index (κ3) is 2.56. The second kappa shape index (κ2) is 6.28. The first-order chi connectivity index (χ1) is 13.6. The number of aromatic hydroxyl groups is 1. The fourth-order valence-electron chi connectivity index (χ4n) is 4.12. The predicted octanol–water partition coefficient (Wildman–Crippen LogP) is 5.46. The maximum atomic E-state index is 10.6. The van der Waals surface area contributed by atoms with Gasteiger partial charge in [0.2, 0.25) is 5.72 Å². The molecule has 0 aliphatic carbocycles. The Kier molecular flexibility index (Phi) is 3.84. The number of ether oxygens (including phenoxy) is 1. The Morgan fingerprint density at radius 3 is 2.64 bits per heavy atom. The van der Waals surface area contributed by atoms with Crippen molar-refractivity contribution in [1.82, 2.24) is 5.01 Å². The molecule has 0 aromatic heterocycles. The van der Waals surface area contributed by atoms with Crippen LogP contribution in [-0.4, -0.2) is 15.8 Å². The lowest BCUT2D eigenvalue weighted by atomic mass is 9.92. The Morgan fingerprint density at radius 2 is 1.82 bits per heavy atom. The van der Waals surface area contributed by atoms with Gasteiger partial charge in [-0.1, -0.05) is 60.1 Å². The topological polar surface area (TPSA) is 45.1 Å². The number of phenols is 1. The molecular formula is C23H19ClN2O2. The highest BCUT2D eigenvalue weighted by molar-refractivity contribution is 6.30. The van der Waals surface area contributed by atoms with E-state index in [-0.39, 0.29) is 11.8 Å². The van der Waals surface area contributed by atoms with Gasteiger partial charge < -0.3 is 9.84 Å². The summed E-state index contributed by atoms with van der Waals surface area (Å²) in [6.45, 7) is 1.93. The smallest absolute Gasteiger partial charge is 0.225 e. The van der Waals surface area contributed by atoms with Crippen LogP contribution in [0.3, 0.4) is 0 Å². The fraction of sp³-hybridized carbons (Fsp3) is 0.174. The summed E-state index contributed by atoms with van der Waals surface area (Å²) >= 11 is 6.24. The molecule has 2 aliphatic heterocycles. The van der Waals surface area contributed by atoms with Gasteiger partial charge in [0.25, 0.3) is 0 Å². The lowest BCUT2D eigenvalue weighted by Gasteiger charge is -2.46. The van der Waals surface area contributed by atoms with Crippen molar-refractivity contribution in [2.75, 3.05) is 0 Å². The molecule has 0 spiro atoms. The van der Waals surface area contributed by atoms with Gasteiger partial charge in [-0.05, 0) is 29.8 Å². The predicted molar refractivity (Wildman–Crippen MR) is 110 cm³/mol. The van der Waals surface area contributed by atoms with Gasteiger partial charge in [0, 0.05) is 23.9 Å². The van der Waals surface area contributed by atoms with E-state index in [1.54, 1.807) is 18.2 Å². The summed E-state index contributed by atoms with van der Waals surface area (Å²) in [5, 5.41) is 18.0. The fourth-order valence-corrected chi connectivity index (χ4v) is 4.29. The van der Waals surface area contributed by atoms with E-state index in [9.17, 15) is 5.11 Å². The number of fused-ring (bicyclic) bond motifs is 3. The van der Waals surface area contributed by atoms with Crippen LogP contribution >= 0.6 is 11.6 Å². The molecule has 5 heteroatoms. The van der Waals surface area contributed by atoms with Crippen LogP contribution in [-0.2, 0) is 5.72 Å². The van der Waals surface area contributed by atoms with Crippen molar-refractivity contribution < 1.29 is 9.84 Å². The maximum absolute atomic E-state index is 10.6. The van der Waals surface area contributed by atoms with Crippen LogP contribution in [0.1, 0.15) is 36.1 Å². The number of phenolic OH excluding ortho intramolecular Hbond substituents is 1. The lowest BCUT2D eigenvalue weighted by molar-refractivity contribution is -0.113. The van der Waals surface area contributed by atoms with Gasteiger partial charge in [0.1, 0.15) is 11.5 Å². The Morgan fingerprint density at radius 1 is 1.07 bits per heavy atom. The minimum absolute atomic E-state index is 0.0172. The SMILES string of the molecule is C[C@@]1(c2cc(Cl)ccc2O)Oc2ccccc2[C@H]2CC(c3ccccc3)=NN21. The van der Waals surface area contributed by atoms with E-state index in [2.05, 4.69) is 18.2 Å². The summed E-state index contributed by atoms with van der Waals surface area (Å²) in [6.07, 6.45) is 0.765. The molecule has 0 bridgehead atoms. The highest BCUT2D eigenvalue weighted by Gasteiger charge is 2.49. The molecule has 3 aromatic carbocycles. The quantitative estimate of drug-likeness (QED) is 0.631. The van der Waals surface area contributed by atoms with Crippen LogP contribution in [0.25, 0.3) is 0 Å². The first-order valence-electron chi connectivity index (χ1n) is 9.25. The van der Waals surface area contributed by atoms with Gasteiger partial charge in [0.15, 0.2) is 0 Å². The molecule has 2 aliphatic rings. The number of benzene rings is 3. The Labute approximate surface area is 168 Å². The van der Waals surface area contributed by atoms with Crippen LogP contribution in [0, 0.1) is 0 Å². The van der Waals surface area contributed by atoms with Gasteiger partial charge >= 0.3 is 0 Å². The summed E-state index contributed by atoms with van der Waals surface area (Å²) in [5.74, 6) is 0.934. The van der Waals surface area contributed by atoms with E-state index in [1.165, 1.54) is 0 Å². The van der Waals surface area contributed by atoms with Crippen molar-refractivity contribution in [3.63, 3.8) is 0 Å². The number of halogens is 1. The van der Waals surface area contributed by atoms with Gasteiger partial charge in [-0.2, -0.15) is 5.10 Å². The minimum Gasteiger partial charge on any atom is -0.507 e. The van der Waals surface area contributed by atoms with Crippen molar-refractivity contribution in [2.45, 2.75) is 25.1 Å². The maximum Gasteiger partial charge on any atom is 0.225 e. The van der Waals surface area contributed by atoms with Gasteiger partial charge in [-0.3, -0.25) is 0 Å². The summed E-state index contributed by atoms with van der Waals surface area (Å²) in [4.78, 5) is 0. The second-order valence-electron chi connectivity index (χ2n) is 7.26. The van der Waals surface area contributed by atoms with Crippen molar-refractivity contribution in [2.24, 2.45) is 5.10 Å². The molecule has 0 fully saturated rings. The molecule has 0 amide bonds. The standard InChI is InChI=1S/C23H19ClN2O2/c1-23(18-13-16(24)11-12-21(18)27)26-20(17-9-5-6-10-22(17)28-23)14-19(25-26)15-7-3-2-4-8-15/h2-13,20,27H,14H2,1H3/t20-,23+/m1/s1. The van der Waals surface area contributed by atoms with Crippen LogP contribution < -0.4 is 4.74 Å². The molecule has 28 heavy (non-hydrogen) atoms. The molecule has 2 heterocycles. The Balaban J connectivity index is 1.69. The molecule has 2 atom stereocenters. The molecule has 4 nitrogen and oxygen atoms in total. The third-order valence-corrected chi connectivity index (χ3v) is 5.73. The van der Waals surface area contributed by atoms with Crippen LogP contribution in [0.4, 0.5) is 0 Å². The van der Waals surface area contributed by atoms with Crippen LogP contribution in [0.5, 0.6) is 11.5 Å². The molecule has 5 rings (SSSR count). The van der Waals surface area contributed by atoms with Crippen molar-refractivity contribution in [3.8, 4) is 11.5 Å². The van der Waals surface area contributed by atoms with Gasteiger partial charge in [-0.25, -0.2) is 5.01 Å². The Bertz CT molecular complexity index is 1080. The number of para-hydroxylation sites is 1. The largest absolute Gasteiger partial charge is 0.507 e. The third-order valence-electron chi connectivity index (χ3n) is 5.50. The first kappa shape index (κ1) is 17.1. The number of hydrogen-bond donors (Lipinski definition) is 1. The van der Waals surface area contributed by atoms with E-state index >= 15 is 0 Å². The second-order valence-corrected chi connectivity index (χ2v) is 7.70. The summed E-state index contributed by atoms with van der Waals surface area (Å²) in [5.41, 5.74) is 2.80. The lowest BCUT2D eigenvalue weighted by Crippen LogP contribution is -2.48. The van der Waals surface area contributed by atoms with E-state index in [0.717, 1.165) is 29.0 Å². The Hall–Kier alpha value is -2.98. The molecular weight excluding hydrogens is 372 g/mol. The number of rotatable bonds is 2. The normalized spacial score (nSPS) is 22.9. The van der Waals surface area contributed by atoms with E-state index in [1.807, 2.05) is 48.3 Å². The van der Waals surface area contributed by atoms with Crippen molar-refractivity contribution >= 4 is 17.3 Å². The zero-order chi connectivity index (χ0) is 19.3. The zero-order valence-corrected chi connectivity index (χ0v) is 16.1. The van der Waals surface area contributed by atoms with E-state index < -0.39 is 5.72 Å². The highest BCUT2D eigenvalue weighted by Crippen LogP contribution is 2.51. The first-order valence-corrected chi connectivity index (χ1v) is 9.63. The molecule has 0 saturated carbocycles. The minimum atomic E-state index is -0.982. The molecule has 140 valence electrons. The van der Waals surface area contributed by atoms with E-state index in [0.29, 0.717) is 10.6 Å². The molecule has 0 unspecified atom stereocenters. The van der Waals surface area contributed by atoms with Gasteiger partial charge in [-0.15, -0.1) is 0 Å². The van der Waals surface area contributed by atoms with Crippen LogP contribution in [0.15, 0.2) is 77.9 Å². The molecule has 0 saturated heterocycles.